The molecule has 0 fully saturated rings. The van der Waals surface area contributed by atoms with E-state index in [1.165, 1.54) is 5.39 Å². The molecule has 2 aromatic rings. The molecule has 0 bridgehead atoms. The first-order chi connectivity index (χ1) is 8.54. The second-order valence-corrected chi connectivity index (χ2v) is 5.51. The first-order valence-electron chi connectivity index (χ1n) is 6.38. The van der Waals surface area contributed by atoms with Gasteiger partial charge < -0.3 is 10.6 Å². The van der Waals surface area contributed by atoms with Crippen LogP contribution in [0.25, 0.3) is 10.9 Å². The van der Waals surface area contributed by atoms with Gasteiger partial charge in [0.1, 0.15) is 0 Å². The normalized spacial score (nSPS) is 11.7. The first-order valence-corrected chi connectivity index (χ1v) is 6.38. The van der Waals surface area contributed by atoms with E-state index in [-0.39, 0.29) is 5.54 Å². The number of rotatable bonds is 4. The number of hydrogen-bond donors (Lipinski definition) is 2. The second kappa shape index (κ2) is 5.36. The lowest BCUT2D eigenvalue weighted by Crippen LogP contribution is -2.38. The fraction of sp³-hybridized carbons (Fsp3) is 0.400. The molecule has 0 saturated carbocycles. The maximum Gasteiger partial charge on any atom is 0.0703 e. The van der Waals surface area contributed by atoms with Gasteiger partial charge in [-0.05, 0) is 45.0 Å². The number of aromatic nitrogens is 1. The molecule has 1 heterocycles. The van der Waals surface area contributed by atoms with Crippen molar-refractivity contribution in [3.8, 4) is 0 Å². The second-order valence-electron chi connectivity index (χ2n) is 5.51. The predicted molar refractivity (Wildman–Crippen MR) is 78.0 cm³/mol. The summed E-state index contributed by atoms with van der Waals surface area (Å²) in [6, 6.07) is 10.3. The van der Waals surface area contributed by atoms with E-state index in [1.54, 1.807) is 0 Å². The summed E-state index contributed by atoms with van der Waals surface area (Å²) in [5.74, 6) is 0. The van der Waals surface area contributed by atoms with E-state index < -0.39 is 0 Å². The summed E-state index contributed by atoms with van der Waals surface area (Å²) in [7, 11) is 0. The van der Waals surface area contributed by atoms with Gasteiger partial charge in [-0.1, -0.05) is 6.07 Å². The average Bonchev–Trinajstić information content (AvgIpc) is 2.33. The van der Waals surface area contributed by atoms with E-state index in [9.17, 15) is 0 Å². The summed E-state index contributed by atoms with van der Waals surface area (Å²) in [6.07, 6.45) is 1.82. The van der Waals surface area contributed by atoms with Gasteiger partial charge in [0.2, 0.25) is 0 Å². The molecule has 0 atom stereocenters. The Morgan fingerprint density at radius 1 is 1.11 bits per heavy atom. The average molecular weight is 243 g/mol. The van der Waals surface area contributed by atoms with Crippen LogP contribution in [0, 0.1) is 0 Å². The minimum absolute atomic E-state index is 0.176. The zero-order valence-electron chi connectivity index (χ0n) is 11.3. The Morgan fingerprint density at radius 2 is 1.94 bits per heavy atom. The van der Waals surface area contributed by atoms with Gasteiger partial charge in [-0.25, -0.2) is 0 Å². The van der Waals surface area contributed by atoms with Crippen molar-refractivity contribution in [2.75, 3.05) is 18.4 Å². The Balaban J connectivity index is 1.92. The van der Waals surface area contributed by atoms with Gasteiger partial charge in [-0.15, -0.1) is 0 Å². The summed E-state index contributed by atoms with van der Waals surface area (Å²) < 4.78 is 0. The van der Waals surface area contributed by atoms with E-state index in [1.807, 2.05) is 12.3 Å². The molecule has 0 aliphatic carbocycles. The van der Waals surface area contributed by atoms with Crippen LogP contribution in [0.1, 0.15) is 20.8 Å². The Labute approximate surface area is 109 Å². The lowest BCUT2D eigenvalue weighted by Gasteiger charge is -2.20. The van der Waals surface area contributed by atoms with Crippen molar-refractivity contribution >= 4 is 16.6 Å². The van der Waals surface area contributed by atoms with E-state index in [4.69, 9.17) is 0 Å². The third kappa shape index (κ3) is 3.70. The van der Waals surface area contributed by atoms with Crippen molar-refractivity contribution in [3.63, 3.8) is 0 Å². The van der Waals surface area contributed by atoms with Crippen LogP contribution in [-0.4, -0.2) is 23.6 Å². The monoisotopic (exact) mass is 243 g/mol. The standard InChI is InChI=1S/C15H21N3/c1-15(2,3)18-10-9-16-13-6-7-14-12(11-13)5-4-8-17-14/h4-8,11,16,18H,9-10H2,1-3H3. The highest BCUT2D eigenvalue weighted by Crippen LogP contribution is 2.16. The minimum Gasteiger partial charge on any atom is -0.384 e. The Bertz CT molecular complexity index is 514. The highest BCUT2D eigenvalue weighted by molar-refractivity contribution is 5.82. The van der Waals surface area contributed by atoms with Crippen LogP contribution in [0.5, 0.6) is 0 Å². The van der Waals surface area contributed by atoms with Gasteiger partial charge in [0, 0.05) is 35.9 Å². The summed E-state index contributed by atoms with van der Waals surface area (Å²) in [5, 5.41) is 8.05. The third-order valence-corrected chi connectivity index (χ3v) is 2.71. The van der Waals surface area contributed by atoms with Crippen LogP contribution in [0.2, 0.25) is 0 Å². The molecular formula is C15H21N3. The molecule has 0 spiro atoms. The molecule has 3 heteroatoms. The zero-order valence-corrected chi connectivity index (χ0v) is 11.3. The Morgan fingerprint density at radius 3 is 2.72 bits per heavy atom. The van der Waals surface area contributed by atoms with Crippen molar-refractivity contribution in [1.29, 1.82) is 0 Å². The predicted octanol–water partition coefficient (Wildman–Crippen LogP) is 3.03. The maximum atomic E-state index is 4.31. The highest BCUT2D eigenvalue weighted by atomic mass is 15.0. The molecule has 0 saturated heterocycles. The van der Waals surface area contributed by atoms with Crippen molar-refractivity contribution in [1.82, 2.24) is 10.3 Å². The van der Waals surface area contributed by atoms with Crippen LogP contribution >= 0.6 is 0 Å². The van der Waals surface area contributed by atoms with Gasteiger partial charge in [0.25, 0.3) is 0 Å². The molecule has 0 aliphatic rings. The molecule has 1 aromatic heterocycles. The van der Waals surface area contributed by atoms with Crippen LogP contribution in [0.15, 0.2) is 36.5 Å². The summed E-state index contributed by atoms with van der Waals surface area (Å²) in [5.41, 5.74) is 2.36. The van der Waals surface area contributed by atoms with E-state index in [0.717, 1.165) is 24.3 Å². The number of anilines is 1. The van der Waals surface area contributed by atoms with Gasteiger partial charge in [0.05, 0.1) is 5.52 Å². The zero-order chi connectivity index (χ0) is 13.0. The lowest BCUT2D eigenvalue weighted by atomic mass is 10.1. The molecule has 0 amide bonds. The van der Waals surface area contributed by atoms with E-state index >= 15 is 0 Å². The van der Waals surface area contributed by atoms with Crippen molar-refractivity contribution < 1.29 is 0 Å². The van der Waals surface area contributed by atoms with Crippen molar-refractivity contribution in [2.45, 2.75) is 26.3 Å². The molecule has 2 rings (SSSR count). The van der Waals surface area contributed by atoms with Gasteiger partial charge in [0.15, 0.2) is 0 Å². The van der Waals surface area contributed by atoms with Crippen molar-refractivity contribution in [2.24, 2.45) is 0 Å². The molecule has 0 radical (unpaired) electrons. The molecule has 0 unspecified atom stereocenters. The molecule has 18 heavy (non-hydrogen) atoms. The van der Waals surface area contributed by atoms with E-state index in [2.05, 4.69) is 60.7 Å². The Kier molecular flexibility index (Phi) is 3.82. The number of fused-ring (bicyclic) bond motifs is 1. The first kappa shape index (κ1) is 12.8. The fourth-order valence-electron chi connectivity index (χ4n) is 1.83. The number of nitrogens with one attached hydrogen (secondary N) is 2. The molecule has 0 aliphatic heterocycles. The number of pyridine rings is 1. The number of benzene rings is 1. The quantitative estimate of drug-likeness (QED) is 0.810. The van der Waals surface area contributed by atoms with Gasteiger partial charge in [-0.3, -0.25) is 4.98 Å². The molecular weight excluding hydrogens is 222 g/mol. The molecule has 1 aromatic carbocycles. The van der Waals surface area contributed by atoms with Crippen LogP contribution in [0.4, 0.5) is 5.69 Å². The topological polar surface area (TPSA) is 37.0 Å². The van der Waals surface area contributed by atoms with Gasteiger partial charge >= 0.3 is 0 Å². The van der Waals surface area contributed by atoms with Crippen molar-refractivity contribution in [3.05, 3.63) is 36.5 Å². The van der Waals surface area contributed by atoms with Crippen LogP contribution < -0.4 is 10.6 Å². The molecule has 3 nitrogen and oxygen atoms in total. The SMILES string of the molecule is CC(C)(C)NCCNc1ccc2ncccc2c1. The third-order valence-electron chi connectivity index (χ3n) is 2.71. The van der Waals surface area contributed by atoms with E-state index in [0.29, 0.717) is 0 Å². The van der Waals surface area contributed by atoms with Crippen LogP contribution in [-0.2, 0) is 0 Å². The maximum absolute atomic E-state index is 4.31. The van der Waals surface area contributed by atoms with Gasteiger partial charge in [-0.2, -0.15) is 0 Å². The molecule has 2 N–H and O–H groups in total. The minimum atomic E-state index is 0.176. The summed E-state index contributed by atoms with van der Waals surface area (Å²) >= 11 is 0. The highest BCUT2D eigenvalue weighted by Gasteiger charge is 2.06. The smallest absolute Gasteiger partial charge is 0.0703 e. The van der Waals surface area contributed by atoms with Crippen LogP contribution in [0.3, 0.4) is 0 Å². The largest absolute Gasteiger partial charge is 0.384 e. The lowest BCUT2D eigenvalue weighted by molar-refractivity contribution is 0.435. The molecule has 96 valence electrons. The number of hydrogen-bond acceptors (Lipinski definition) is 3. The summed E-state index contributed by atoms with van der Waals surface area (Å²) in [4.78, 5) is 4.31. The Hall–Kier alpha value is -1.61. The fourth-order valence-corrected chi connectivity index (χ4v) is 1.83. The summed E-state index contributed by atoms with van der Waals surface area (Å²) in [6.45, 7) is 8.40. The number of nitrogens with zero attached hydrogens (tertiary/aromatic N) is 1.